The second-order valence-electron chi connectivity index (χ2n) is 5.63. The molecule has 2 atom stereocenters. The highest BCUT2D eigenvalue weighted by Gasteiger charge is 2.29. The van der Waals surface area contributed by atoms with Crippen LogP contribution in [-0.4, -0.2) is 36.5 Å². The van der Waals surface area contributed by atoms with Crippen molar-refractivity contribution in [2.45, 2.75) is 26.3 Å². The molecule has 1 aliphatic rings. The van der Waals surface area contributed by atoms with Gasteiger partial charge in [-0.3, -0.25) is 9.69 Å². The maximum Gasteiger partial charge on any atom is 0.238 e. The summed E-state index contributed by atoms with van der Waals surface area (Å²) in [5.41, 5.74) is 6.75. The van der Waals surface area contributed by atoms with Crippen molar-refractivity contribution in [2.24, 2.45) is 11.7 Å². The predicted octanol–water partition coefficient (Wildman–Crippen LogP) is 2.16. The van der Waals surface area contributed by atoms with Crippen LogP contribution in [0.1, 0.15) is 18.9 Å². The lowest BCUT2D eigenvalue weighted by molar-refractivity contribution is -0.117. The number of aryl methyl sites for hydroxylation is 1. The Morgan fingerprint density at radius 2 is 2.24 bits per heavy atom. The molecule has 0 aliphatic carbocycles. The summed E-state index contributed by atoms with van der Waals surface area (Å²) in [4.78, 5) is 14.1. The molecule has 3 N–H and O–H groups in total. The molecule has 1 aromatic carbocycles. The number of carbonyl (C=O) groups excluding carboxylic acids is 1. The second-order valence-corrected chi connectivity index (χ2v) is 5.63. The number of benzene rings is 1. The minimum atomic E-state index is -0.305. The Kier molecular flexibility index (Phi) is 6.58. The van der Waals surface area contributed by atoms with Crippen LogP contribution in [0.3, 0.4) is 0 Å². The van der Waals surface area contributed by atoms with Crippen LogP contribution < -0.4 is 11.1 Å². The zero-order valence-corrected chi connectivity index (χ0v) is 13.3. The van der Waals surface area contributed by atoms with E-state index in [4.69, 9.17) is 5.73 Å². The molecule has 0 aromatic heterocycles. The van der Waals surface area contributed by atoms with Crippen molar-refractivity contribution < 1.29 is 9.18 Å². The third kappa shape index (κ3) is 4.66. The molecule has 1 amide bonds. The van der Waals surface area contributed by atoms with Crippen molar-refractivity contribution >= 4 is 24.0 Å². The number of nitrogens with zero attached hydrogens (tertiary/aromatic N) is 1. The summed E-state index contributed by atoms with van der Waals surface area (Å²) in [5, 5.41) is 2.74. The van der Waals surface area contributed by atoms with E-state index >= 15 is 0 Å². The highest BCUT2D eigenvalue weighted by atomic mass is 35.5. The molecule has 1 saturated heterocycles. The van der Waals surface area contributed by atoms with Gasteiger partial charge in [-0.25, -0.2) is 4.39 Å². The number of rotatable bonds is 4. The smallest absolute Gasteiger partial charge is 0.238 e. The number of amides is 1. The lowest BCUT2D eigenvalue weighted by atomic mass is 10.1. The van der Waals surface area contributed by atoms with Crippen LogP contribution in [0.15, 0.2) is 18.2 Å². The molecule has 1 aliphatic heterocycles. The normalized spacial score (nSPS) is 21.9. The number of nitrogens with two attached hydrogens (primary N) is 1. The quantitative estimate of drug-likeness (QED) is 0.895. The molecule has 1 heterocycles. The summed E-state index contributed by atoms with van der Waals surface area (Å²) in [6, 6.07) is 5.09. The van der Waals surface area contributed by atoms with Gasteiger partial charge in [0.05, 0.1) is 6.54 Å². The van der Waals surface area contributed by atoms with Gasteiger partial charge in [0, 0.05) is 18.3 Å². The zero-order chi connectivity index (χ0) is 14.7. The number of anilines is 1. The number of hydrogen-bond acceptors (Lipinski definition) is 3. The monoisotopic (exact) mass is 315 g/mol. The van der Waals surface area contributed by atoms with Crippen LogP contribution in [0.5, 0.6) is 0 Å². The Hall–Kier alpha value is -1.17. The van der Waals surface area contributed by atoms with Gasteiger partial charge in [-0.1, -0.05) is 6.07 Å². The minimum Gasteiger partial charge on any atom is -0.330 e. The fourth-order valence-corrected chi connectivity index (χ4v) is 2.66. The topological polar surface area (TPSA) is 58.4 Å². The Bertz CT molecular complexity index is 498. The van der Waals surface area contributed by atoms with Crippen LogP contribution in [0, 0.1) is 18.7 Å². The van der Waals surface area contributed by atoms with Crippen LogP contribution in [0.4, 0.5) is 10.1 Å². The highest BCUT2D eigenvalue weighted by Crippen LogP contribution is 2.21. The van der Waals surface area contributed by atoms with Gasteiger partial charge in [-0.2, -0.15) is 0 Å². The summed E-state index contributed by atoms with van der Waals surface area (Å²) in [5.74, 6) is 0.0490. The van der Waals surface area contributed by atoms with E-state index in [2.05, 4.69) is 17.1 Å². The lowest BCUT2D eigenvalue weighted by Crippen LogP contribution is -2.36. The Morgan fingerprint density at radius 1 is 1.52 bits per heavy atom. The van der Waals surface area contributed by atoms with E-state index in [0.29, 0.717) is 36.3 Å². The fourth-order valence-electron chi connectivity index (χ4n) is 2.66. The van der Waals surface area contributed by atoms with Gasteiger partial charge in [0.15, 0.2) is 0 Å². The van der Waals surface area contributed by atoms with Gasteiger partial charge < -0.3 is 11.1 Å². The molecule has 0 saturated carbocycles. The number of nitrogens with one attached hydrogen (secondary N) is 1. The van der Waals surface area contributed by atoms with Crippen molar-refractivity contribution in [3.8, 4) is 0 Å². The predicted molar refractivity (Wildman–Crippen MR) is 85.2 cm³/mol. The second kappa shape index (κ2) is 7.73. The first-order chi connectivity index (χ1) is 9.49. The van der Waals surface area contributed by atoms with E-state index < -0.39 is 0 Å². The van der Waals surface area contributed by atoms with E-state index in [0.717, 1.165) is 13.0 Å². The summed E-state index contributed by atoms with van der Waals surface area (Å²) in [6.07, 6.45) is 1.03. The number of halogens is 2. The summed E-state index contributed by atoms with van der Waals surface area (Å²) < 4.78 is 13.4. The molecule has 4 nitrogen and oxygen atoms in total. The van der Waals surface area contributed by atoms with Gasteiger partial charge in [0.1, 0.15) is 5.82 Å². The van der Waals surface area contributed by atoms with Crippen LogP contribution in [0.2, 0.25) is 0 Å². The molecule has 6 heteroatoms. The standard InChI is InChI=1S/C15H22FN3O.ClH/c1-10-3-4-13(6-14(10)16)18-15(20)9-19-8-12(7-17)5-11(19)2;/h3-4,6,11-12H,5,7-9,17H2,1-2H3,(H,18,20);1H. The average Bonchev–Trinajstić information content (AvgIpc) is 2.74. The van der Waals surface area contributed by atoms with Gasteiger partial charge in [-0.05, 0) is 50.4 Å². The Morgan fingerprint density at radius 3 is 2.81 bits per heavy atom. The molecule has 2 rings (SSSR count). The Balaban J connectivity index is 0.00000220. The summed E-state index contributed by atoms with van der Waals surface area (Å²) >= 11 is 0. The van der Waals surface area contributed by atoms with E-state index in [1.807, 2.05) is 0 Å². The van der Waals surface area contributed by atoms with Crippen molar-refractivity contribution in [3.63, 3.8) is 0 Å². The zero-order valence-electron chi connectivity index (χ0n) is 12.4. The van der Waals surface area contributed by atoms with Crippen molar-refractivity contribution in [2.75, 3.05) is 25.0 Å². The summed E-state index contributed by atoms with van der Waals surface area (Å²) in [7, 11) is 0. The molecule has 21 heavy (non-hydrogen) atoms. The van der Waals surface area contributed by atoms with Gasteiger partial charge in [0.25, 0.3) is 0 Å². The van der Waals surface area contributed by atoms with Crippen LogP contribution >= 0.6 is 12.4 Å². The number of hydrogen-bond donors (Lipinski definition) is 2. The average molecular weight is 316 g/mol. The van der Waals surface area contributed by atoms with Crippen LogP contribution in [0.25, 0.3) is 0 Å². The first kappa shape index (κ1) is 17.9. The van der Waals surface area contributed by atoms with E-state index in [9.17, 15) is 9.18 Å². The molecule has 0 bridgehead atoms. The molecule has 0 spiro atoms. The summed E-state index contributed by atoms with van der Waals surface area (Å²) in [6.45, 7) is 5.64. The number of likely N-dealkylation sites (tertiary alicyclic amines) is 1. The maximum absolute atomic E-state index is 13.4. The third-order valence-electron chi connectivity index (χ3n) is 3.93. The molecule has 2 unspecified atom stereocenters. The van der Waals surface area contributed by atoms with E-state index in [1.165, 1.54) is 6.07 Å². The largest absolute Gasteiger partial charge is 0.330 e. The maximum atomic E-state index is 13.4. The van der Waals surface area contributed by atoms with Crippen molar-refractivity contribution in [3.05, 3.63) is 29.6 Å². The molecule has 118 valence electrons. The molecule has 1 aromatic rings. The van der Waals surface area contributed by atoms with E-state index in [-0.39, 0.29) is 24.1 Å². The van der Waals surface area contributed by atoms with Gasteiger partial charge in [0.2, 0.25) is 5.91 Å². The minimum absolute atomic E-state index is 0. The fraction of sp³-hybridized carbons (Fsp3) is 0.533. The third-order valence-corrected chi connectivity index (χ3v) is 3.93. The first-order valence-electron chi connectivity index (χ1n) is 6.99. The van der Waals surface area contributed by atoms with Crippen molar-refractivity contribution in [1.29, 1.82) is 0 Å². The Labute approximate surface area is 131 Å². The molecule has 1 fully saturated rings. The highest BCUT2D eigenvalue weighted by molar-refractivity contribution is 5.92. The molecular weight excluding hydrogens is 293 g/mol. The van der Waals surface area contributed by atoms with Gasteiger partial charge in [-0.15, -0.1) is 12.4 Å². The van der Waals surface area contributed by atoms with Gasteiger partial charge >= 0.3 is 0 Å². The lowest BCUT2D eigenvalue weighted by Gasteiger charge is -2.20. The van der Waals surface area contributed by atoms with Crippen LogP contribution in [-0.2, 0) is 4.79 Å². The first-order valence-corrected chi connectivity index (χ1v) is 6.99. The number of carbonyl (C=O) groups is 1. The SMILES string of the molecule is Cc1ccc(NC(=O)CN2CC(CN)CC2C)cc1F.Cl. The van der Waals surface area contributed by atoms with E-state index in [1.54, 1.807) is 19.1 Å². The molecule has 0 radical (unpaired) electrons. The molecular formula is C15H23ClFN3O. The van der Waals surface area contributed by atoms with Crippen molar-refractivity contribution in [1.82, 2.24) is 4.90 Å².